The lowest BCUT2D eigenvalue weighted by molar-refractivity contribution is -0.142. The van der Waals surface area contributed by atoms with Crippen molar-refractivity contribution >= 4 is 40.0 Å². The summed E-state index contributed by atoms with van der Waals surface area (Å²) in [7, 11) is 1.60. The van der Waals surface area contributed by atoms with Crippen LogP contribution in [0, 0.1) is 5.92 Å². The summed E-state index contributed by atoms with van der Waals surface area (Å²) in [5, 5.41) is 14.9. The molecule has 0 aliphatic carbocycles. The van der Waals surface area contributed by atoms with Crippen LogP contribution in [0.3, 0.4) is 0 Å². The maximum Gasteiger partial charge on any atom is 0.355 e. The summed E-state index contributed by atoms with van der Waals surface area (Å²) >= 11 is 6.00. The Morgan fingerprint density at radius 2 is 1.72 bits per heavy atom. The van der Waals surface area contributed by atoms with E-state index in [-0.39, 0.29) is 12.5 Å². The van der Waals surface area contributed by atoms with Gasteiger partial charge in [-0.1, -0.05) is 35.9 Å². The lowest BCUT2D eigenvalue weighted by atomic mass is 10.0. The van der Waals surface area contributed by atoms with E-state index in [0.717, 1.165) is 26.7 Å². The van der Waals surface area contributed by atoms with Crippen molar-refractivity contribution < 1.29 is 14.6 Å². The first-order valence-corrected chi connectivity index (χ1v) is 11.6. The quantitative estimate of drug-likeness (QED) is 0.364. The number of methoxy groups -OCH3 is 1. The van der Waals surface area contributed by atoms with Crippen LogP contribution in [-0.4, -0.2) is 32.3 Å². The first kappa shape index (κ1) is 25.0. The molecule has 0 spiro atoms. The molecule has 3 aromatic carbocycles. The van der Waals surface area contributed by atoms with E-state index in [2.05, 4.69) is 10.3 Å². The molecule has 9 nitrogen and oxygen atoms in total. The average Bonchev–Trinajstić information content (AvgIpc) is 2.86. The molecule has 1 unspecified atom stereocenters. The van der Waals surface area contributed by atoms with Crippen LogP contribution in [-0.2, 0) is 11.3 Å². The monoisotopic (exact) mass is 508 g/mol. The van der Waals surface area contributed by atoms with Crippen molar-refractivity contribution in [1.29, 1.82) is 0 Å². The van der Waals surface area contributed by atoms with Crippen molar-refractivity contribution in [2.45, 2.75) is 26.4 Å². The van der Waals surface area contributed by atoms with Crippen LogP contribution < -0.4 is 21.4 Å². The number of carboxylic acid groups (broad SMARTS) is 1. The molecule has 4 rings (SSSR count). The molecule has 0 fully saturated rings. The number of hydrogen-bond acceptors (Lipinski definition) is 6. The summed E-state index contributed by atoms with van der Waals surface area (Å²) in [6, 6.07) is 17.2. The van der Waals surface area contributed by atoms with Gasteiger partial charge in [-0.25, -0.2) is 14.2 Å². The van der Waals surface area contributed by atoms with E-state index >= 15 is 0 Å². The first-order valence-electron chi connectivity index (χ1n) is 11.2. The highest BCUT2D eigenvalue weighted by atomic mass is 35.5. The third-order valence-corrected chi connectivity index (χ3v) is 6.43. The lowest BCUT2D eigenvalue weighted by Gasteiger charge is -2.21. The van der Waals surface area contributed by atoms with Crippen molar-refractivity contribution in [3.05, 3.63) is 92.2 Å². The molecule has 0 aliphatic heterocycles. The minimum absolute atomic E-state index is 0.0410. The number of hydrogen-bond donors (Lipinski definition) is 2. The van der Waals surface area contributed by atoms with Crippen LogP contribution in [0.5, 0.6) is 5.75 Å². The molecule has 0 amide bonds. The van der Waals surface area contributed by atoms with Gasteiger partial charge in [0, 0.05) is 10.7 Å². The van der Waals surface area contributed by atoms with Crippen LogP contribution in [0.1, 0.15) is 25.5 Å². The molecule has 0 radical (unpaired) electrons. The van der Waals surface area contributed by atoms with Gasteiger partial charge < -0.3 is 15.2 Å². The number of carboxylic acids is 1. The van der Waals surface area contributed by atoms with Gasteiger partial charge in [0.05, 0.1) is 25.6 Å². The smallest absolute Gasteiger partial charge is 0.355 e. The minimum Gasteiger partial charge on any atom is -0.497 e. The molecule has 2 N–H and O–H groups in total. The van der Waals surface area contributed by atoms with Gasteiger partial charge in [0.25, 0.3) is 0 Å². The van der Waals surface area contributed by atoms with Crippen molar-refractivity contribution in [2.75, 3.05) is 12.4 Å². The lowest BCUT2D eigenvalue weighted by Crippen LogP contribution is -2.46. The number of ether oxygens (including phenoxy) is 1. The number of halogens is 1. The van der Waals surface area contributed by atoms with E-state index < -0.39 is 29.3 Å². The Hall–Kier alpha value is -4.11. The molecular formula is C26H25ClN4O5. The van der Waals surface area contributed by atoms with Gasteiger partial charge in [-0.3, -0.25) is 9.36 Å². The highest BCUT2D eigenvalue weighted by Crippen LogP contribution is 2.25. The molecular weight excluding hydrogens is 484 g/mol. The van der Waals surface area contributed by atoms with Gasteiger partial charge in [0.2, 0.25) is 5.95 Å². The number of carbonyl (C=O) groups is 1. The van der Waals surface area contributed by atoms with Crippen LogP contribution in [0.25, 0.3) is 10.8 Å². The summed E-state index contributed by atoms with van der Waals surface area (Å²) in [4.78, 5) is 42.1. The number of aliphatic carboxylic acids is 1. The number of nitrogens with one attached hydrogen (secondary N) is 1. The van der Waals surface area contributed by atoms with Crippen molar-refractivity contribution in [3.63, 3.8) is 0 Å². The van der Waals surface area contributed by atoms with Gasteiger partial charge in [-0.2, -0.15) is 4.98 Å². The molecule has 10 heteroatoms. The Bertz CT molecular complexity index is 1550. The Kier molecular flexibility index (Phi) is 7.12. The summed E-state index contributed by atoms with van der Waals surface area (Å²) in [6.45, 7) is 3.05. The predicted octanol–water partition coefficient (Wildman–Crippen LogP) is 4.29. The molecule has 4 aromatic rings. The third kappa shape index (κ3) is 5.11. The van der Waals surface area contributed by atoms with Crippen LogP contribution in [0.2, 0.25) is 5.02 Å². The molecule has 2 atom stereocenters. The van der Waals surface area contributed by atoms with Gasteiger partial charge in [0.15, 0.2) is 0 Å². The zero-order chi connectivity index (χ0) is 26.0. The van der Waals surface area contributed by atoms with Gasteiger partial charge in [-0.15, -0.1) is 0 Å². The van der Waals surface area contributed by atoms with Crippen LogP contribution in [0.15, 0.2) is 70.3 Å². The topological polar surface area (TPSA) is 115 Å². The van der Waals surface area contributed by atoms with E-state index in [0.29, 0.717) is 10.7 Å². The second-order valence-electron chi connectivity index (χ2n) is 8.50. The molecule has 186 valence electrons. The summed E-state index contributed by atoms with van der Waals surface area (Å²) in [5.41, 5.74) is -0.130. The number of aromatic nitrogens is 3. The van der Waals surface area contributed by atoms with E-state index in [4.69, 9.17) is 16.3 Å². The maximum absolute atomic E-state index is 13.5. The number of anilines is 2. The Labute approximate surface area is 211 Å². The molecule has 0 bridgehead atoms. The van der Waals surface area contributed by atoms with E-state index in [1.54, 1.807) is 37.4 Å². The Balaban J connectivity index is 1.81. The third-order valence-electron chi connectivity index (χ3n) is 6.18. The highest BCUT2D eigenvalue weighted by Gasteiger charge is 2.26. The normalized spacial score (nSPS) is 12.8. The number of fused-ring (bicyclic) bond motifs is 1. The fraction of sp³-hybridized carbons (Fsp3) is 0.231. The SMILES string of the molecule is COc1ccc2cc(Nc3nc(=O)n(C(C)[C@@H](C)C(=O)O)c(=O)n3Cc3ccc(Cl)cc3)ccc2c1. The van der Waals surface area contributed by atoms with Crippen molar-refractivity contribution in [3.8, 4) is 5.75 Å². The van der Waals surface area contributed by atoms with Crippen LogP contribution >= 0.6 is 11.6 Å². The summed E-state index contributed by atoms with van der Waals surface area (Å²) in [6.07, 6.45) is 0. The standard InChI is InChI=1S/C26H25ClN4O5/c1-15(23(32)33)16(2)31-25(34)29-24(30(26(31)35)14-17-4-8-20(27)9-5-17)28-21-10-6-19-13-22(36-3)11-7-18(19)12-21/h4-13,15-16H,14H2,1-3H3,(H,32,33)(H,28,29,34)/t15-,16?/m1/s1. The van der Waals surface area contributed by atoms with E-state index in [9.17, 15) is 19.5 Å². The fourth-order valence-corrected chi connectivity index (χ4v) is 3.98. The zero-order valence-corrected chi connectivity index (χ0v) is 20.7. The van der Waals surface area contributed by atoms with Crippen molar-refractivity contribution in [2.24, 2.45) is 5.92 Å². The molecule has 0 aliphatic rings. The van der Waals surface area contributed by atoms with E-state index in [1.807, 2.05) is 30.3 Å². The number of benzene rings is 3. The summed E-state index contributed by atoms with van der Waals surface area (Å²) in [5.74, 6) is -1.32. The van der Waals surface area contributed by atoms with Gasteiger partial charge in [0.1, 0.15) is 5.75 Å². The van der Waals surface area contributed by atoms with Gasteiger partial charge in [-0.05, 0) is 66.6 Å². The van der Waals surface area contributed by atoms with E-state index in [1.165, 1.54) is 18.4 Å². The molecule has 0 saturated carbocycles. The second-order valence-corrected chi connectivity index (χ2v) is 8.94. The molecule has 36 heavy (non-hydrogen) atoms. The maximum atomic E-state index is 13.5. The largest absolute Gasteiger partial charge is 0.497 e. The average molecular weight is 509 g/mol. The van der Waals surface area contributed by atoms with Crippen molar-refractivity contribution in [1.82, 2.24) is 14.1 Å². The molecule has 0 saturated heterocycles. The number of nitrogens with zero attached hydrogens (tertiary/aromatic N) is 3. The molecule has 1 aromatic heterocycles. The fourth-order valence-electron chi connectivity index (χ4n) is 3.85. The minimum atomic E-state index is -1.12. The predicted molar refractivity (Wildman–Crippen MR) is 139 cm³/mol. The number of rotatable bonds is 8. The molecule has 1 heterocycles. The Morgan fingerprint density at radius 3 is 2.39 bits per heavy atom. The highest BCUT2D eigenvalue weighted by molar-refractivity contribution is 6.30. The second kappa shape index (κ2) is 10.2. The summed E-state index contributed by atoms with van der Waals surface area (Å²) < 4.78 is 7.47. The van der Waals surface area contributed by atoms with Crippen LogP contribution in [0.4, 0.5) is 11.6 Å². The first-order chi connectivity index (χ1) is 17.2. The zero-order valence-electron chi connectivity index (χ0n) is 19.9. The van der Waals surface area contributed by atoms with Gasteiger partial charge >= 0.3 is 17.3 Å². The Morgan fingerprint density at radius 1 is 1.06 bits per heavy atom.